The zero-order valence-corrected chi connectivity index (χ0v) is 11.1. The number of carbonyl (C=O) groups excluding carboxylic acids is 1. The minimum Gasteiger partial charge on any atom is -0.374 e. The Morgan fingerprint density at radius 1 is 1.42 bits per heavy atom. The summed E-state index contributed by atoms with van der Waals surface area (Å²) in [6.07, 6.45) is 3.19. The van der Waals surface area contributed by atoms with Crippen LogP contribution in [0, 0.1) is 12.7 Å². The van der Waals surface area contributed by atoms with E-state index in [0.29, 0.717) is 13.2 Å². The maximum absolute atomic E-state index is 13.8. The summed E-state index contributed by atoms with van der Waals surface area (Å²) in [7, 11) is 0. The summed E-state index contributed by atoms with van der Waals surface area (Å²) in [5.41, 5.74) is 1.09. The normalized spacial score (nSPS) is 26.3. The van der Waals surface area contributed by atoms with Gasteiger partial charge in [-0.05, 0) is 38.3 Å². The highest BCUT2D eigenvalue weighted by molar-refractivity contribution is 5.95. The molecule has 2 aliphatic rings. The standard InChI is InChI=1S/C15H18FNO2/c1-10-5-6-12(16)11(9-10)15(18)17-7-8-19-14-4-2-3-13(14)17/h5-6,9,13-14H,2-4,7-8H2,1H3. The maximum Gasteiger partial charge on any atom is 0.257 e. The smallest absolute Gasteiger partial charge is 0.257 e. The highest BCUT2D eigenvalue weighted by Crippen LogP contribution is 2.31. The second-order valence-electron chi connectivity index (χ2n) is 5.39. The van der Waals surface area contributed by atoms with Crippen LogP contribution in [0.4, 0.5) is 4.39 Å². The van der Waals surface area contributed by atoms with Gasteiger partial charge in [0.15, 0.2) is 0 Å². The van der Waals surface area contributed by atoms with Crippen LogP contribution < -0.4 is 0 Å². The number of rotatable bonds is 1. The van der Waals surface area contributed by atoms with Gasteiger partial charge in [-0.3, -0.25) is 4.79 Å². The topological polar surface area (TPSA) is 29.5 Å². The third kappa shape index (κ3) is 2.25. The molecule has 1 aliphatic carbocycles. The Balaban J connectivity index is 1.88. The molecule has 1 aromatic rings. The Morgan fingerprint density at radius 2 is 2.26 bits per heavy atom. The number of aryl methyl sites for hydroxylation is 1. The van der Waals surface area contributed by atoms with E-state index in [9.17, 15) is 9.18 Å². The molecule has 2 atom stereocenters. The van der Waals surface area contributed by atoms with E-state index in [2.05, 4.69) is 0 Å². The van der Waals surface area contributed by atoms with E-state index in [1.165, 1.54) is 6.07 Å². The van der Waals surface area contributed by atoms with Crippen molar-refractivity contribution in [3.8, 4) is 0 Å². The zero-order valence-electron chi connectivity index (χ0n) is 11.1. The monoisotopic (exact) mass is 263 g/mol. The second kappa shape index (κ2) is 4.93. The predicted octanol–water partition coefficient (Wildman–Crippen LogP) is 2.53. The minimum absolute atomic E-state index is 0.126. The van der Waals surface area contributed by atoms with E-state index in [1.54, 1.807) is 17.0 Å². The highest BCUT2D eigenvalue weighted by Gasteiger charge is 2.39. The fraction of sp³-hybridized carbons (Fsp3) is 0.533. The molecule has 4 heteroatoms. The minimum atomic E-state index is -0.434. The molecule has 0 N–H and O–H groups in total. The Morgan fingerprint density at radius 3 is 3.11 bits per heavy atom. The van der Waals surface area contributed by atoms with Gasteiger partial charge in [0.25, 0.3) is 5.91 Å². The number of hydrogen-bond acceptors (Lipinski definition) is 2. The van der Waals surface area contributed by atoms with Gasteiger partial charge in [-0.2, -0.15) is 0 Å². The van der Waals surface area contributed by atoms with Crippen molar-refractivity contribution in [2.45, 2.75) is 38.3 Å². The van der Waals surface area contributed by atoms with Gasteiger partial charge in [-0.1, -0.05) is 11.6 Å². The van der Waals surface area contributed by atoms with Crippen LogP contribution in [0.5, 0.6) is 0 Å². The van der Waals surface area contributed by atoms with Gasteiger partial charge >= 0.3 is 0 Å². The van der Waals surface area contributed by atoms with Gasteiger partial charge in [-0.25, -0.2) is 4.39 Å². The van der Waals surface area contributed by atoms with E-state index in [1.807, 2.05) is 6.92 Å². The lowest BCUT2D eigenvalue weighted by atomic mass is 10.1. The van der Waals surface area contributed by atoms with E-state index >= 15 is 0 Å². The Labute approximate surface area is 112 Å². The molecule has 3 rings (SSSR count). The third-order valence-corrected chi connectivity index (χ3v) is 4.10. The first kappa shape index (κ1) is 12.6. The summed E-state index contributed by atoms with van der Waals surface area (Å²) in [4.78, 5) is 14.4. The summed E-state index contributed by atoms with van der Waals surface area (Å²) >= 11 is 0. The molecule has 1 saturated carbocycles. The number of benzene rings is 1. The van der Waals surface area contributed by atoms with E-state index in [0.717, 1.165) is 24.8 Å². The quantitative estimate of drug-likeness (QED) is 0.779. The molecule has 2 fully saturated rings. The molecule has 1 saturated heterocycles. The zero-order chi connectivity index (χ0) is 13.4. The molecular formula is C15H18FNO2. The lowest BCUT2D eigenvalue weighted by Gasteiger charge is -2.37. The van der Waals surface area contributed by atoms with Gasteiger partial charge in [0.1, 0.15) is 5.82 Å². The average molecular weight is 263 g/mol. The number of hydrogen-bond donors (Lipinski definition) is 0. The van der Waals surface area contributed by atoms with Crippen molar-refractivity contribution in [1.29, 1.82) is 0 Å². The summed E-state index contributed by atoms with van der Waals surface area (Å²) in [6.45, 7) is 2.99. The Hall–Kier alpha value is -1.42. The first-order chi connectivity index (χ1) is 9.16. The molecule has 2 unspecified atom stereocenters. The molecule has 3 nitrogen and oxygen atoms in total. The molecule has 1 heterocycles. The third-order valence-electron chi connectivity index (χ3n) is 4.10. The molecule has 0 bridgehead atoms. The summed E-state index contributed by atoms with van der Waals surface area (Å²) in [5.74, 6) is -0.627. The van der Waals surface area contributed by atoms with Gasteiger partial charge in [0, 0.05) is 6.54 Å². The summed E-state index contributed by atoms with van der Waals surface area (Å²) < 4.78 is 19.5. The van der Waals surface area contributed by atoms with Crippen molar-refractivity contribution in [1.82, 2.24) is 4.90 Å². The first-order valence-corrected chi connectivity index (χ1v) is 6.85. The highest BCUT2D eigenvalue weighted by atomic mass is 19.1. The number of amides is 1. The summed E-state index contributed by atoms with van der Waals surface area (Å²) in [6, 6.07) is 4.82. The molecule has 1 aliphatic heterocycles. The fourth-order valence-corrected chi connectivity index (χ4v) is 3.14. The lowest BCUT2D eigenvalue weighted by Crippen LogP contribution is -2.51. The molecule has 102 valence electrons. The van der Waals surface area contributed by atoms with Crippen molar-refractivity contribution in [3.05, 3.63) is 35.1 Å². The van der Waals surface area contributed by atoms with Crippen molar-refractivity contribution >= 4 is 5.91 Å². The van der Waals surface area contributed by atoms with E-state index in [4.69, 9.17) is 4.74 Å². The molecule has 1 amide bonds. The van der Waals surface area contributed by atoms with Crippen molar-refractivity contribution in [2.75, 3.05) is 13.2 Å². The maximum atomic E-state index is 13.8. The molecular weight excluding hydrogens is 245 g/mol. The van der Waals surface area contributed by atoms with Gasteiger partial charge < -0.3 is 9.64 Å². The second-order valence-corrected chi connectivity index (χ2v) is 5.39. The fourth-order valence-electron chi connectivity index (χ4n) is 3.14. The molecule has 0 radical (unpaired) electrons. The van der Waals surface area contributed by atoms with Gasteiger partial charge in [0.05, 0.1) is 24.3 Å². The van der Waals surface area contributed by atoms with Crippen LogP contribution in [-0.2, 0) is 4.74 Å². The number of halogens is 1. The van der Waals surface area contributed by atoms with Gasteiger partial charge in [0.2, 0.25) is 0 Å². The average Bonchev–Trinajstić information content (AvgIpc) is 2.89. The molecule has 1 aromatic carbocycles. The van der Waals surface area contributed by atoms with Crippen LogP contribution in [-0.4, -0.2) is 36.1 Å². The summed E-state index contributed by atoms with van der Waals surface area (Å²) in [5, 5.41) is 0. The van der Waals surface area contributed by atoms with Crippen LogP contribution in [0.1, 0.15) is 35.2 Å². The number of morpholine rings is 1. The van der Waals surface area contributed by atoms with Crippen LogP contribution in [0.15, 0.2) is 18.2 Å². The number of fused-ring (bicyclic) bond motifs is 1. The number of ether oxygens (including phenoxy) is 1. The van der Waals surface area contributed by atoms with Crippen molar-refractivity contribution < 1.29 is 13.9 Å². The Bertz CT molecular complexity index is 503. The van der Waals surface area contributed by atoms with Gasteiger partial charge in [-0.15, -0.1) is 0 Å². The largest absolute Gasteiger partial charge is 0.374 e. The SMILES string of the molecule is Cc1ccc(F)c(C(=O)N2CCOC3CCCC32)c1. The van der Waals surface area contributed by atoms with E-state index in [-0.39, 0.29) is 23.6 Å². The molecule has 0 aromatic heterocycles. The van der Waals surface area contributed by atoms with Crippen LogP contribution in [0.2, 0.25) is 0 Å². The van der Waals surface area contributed by atoms with Crippen molar-refractivity contribution in [3.63, 3.8) is 0 Å². The molecule has 19 heavy (non-hydrogen) atoms. The first-order valence-electron chi connectivity index (χ1n) is 6.85. The van der Waals surface area contributed by atoms with Crippen molar-refractivity contribution in [2.24, 2.45) is 0 Å². The van der Waals surface area contributed by atoms with E-state index < -0.39 is 5.82 Å². The lowest BCUT2D eigenvalue weighted by molar-refractivity contribution is -0.0446. The van der Waals surface area contributed by atoms with Crippen LogP contribution in [0.25, 0.3) is 0 Å². The number of carbonyl (C=O) groups is 1. The van der Waals surface area contributed by atoms with Crippen LogP contribution in [0.3, 0.4) is 0 Å². The van der Waals surface area contributed by atoms with Crippen LogP contribution >= 0.6 is 0 Å². The number of nitrogens with zero attached hydrogens (tertiary/aromatic N) is 1. The molecule has 0 spiro atoms. The predicted molar refractivity (Wildman–Crippen MR) is 69.6 cm³/mol. The Kier molecular flexibility index (Phi) is 3.27.